The Morgan fingerprint density at radius 2 is 1.79 bits per heavy atom. The van der Waals surface area contributed by atoms with Gasteiger partial charge in [0.25, 0.3) is 0 Å². The molecule has 1 heterocycles. The van der Waals surface area contributed by atoms with E-state index in [0.29, 0.717) is 5.56 Å². The van der Waals surface area contributed by atoms with Crippen LogP contribution in [0, 0.1) is 0 Å². The van der Waals surface area contributed by atoms with Crippen LogP contribution in [0.3, 0.4) is 0 Å². The van der Waals surface area contributed by atoms with Crippen LogP contribution in [-0.2, 0) is 3.79 Å². The van der Waals surface area contributed by atoms with E-state index >= 15 is 0 Å². The van der Waals surface area contributed by atoms with Gasteiger partial charge >= 0.3 is 5.97 Å². The summed E-state index contributed by atoms with van der Waals surface area (Å²) in [4.78, 5) is 19.0. The standard InChI is InChI=1S/C12H7Cl3N2O2/c13-12(14,15)11-16-6-8(10(18)19)9(17-11)7-4-2-1-3-5-7/h1-6H,(H,18,19). The Morgan fingerprint density at radius 3 is 2.32 bits per heavy atom. The van der Waals surface area contributed by atoms with Gasteiger partial charge in [-0.3, -0.25) is 0 Å². The van der Waals surface area contributed by atoms with E-state index in [9.17, 15) is 4.79 Å². The quantitative estimate of drug-likeness (QED) is 0.858. The van der Waals surface area contributed by atoms with Gasteiger partial charge in [-0.2, -0.15) is 0 Å². The predicted molar refractivity (Wildman–Crippen MR) is 73.7 cm³/mol. The van der Waals surface area contributed by atoms with Gasteiger partial charge in [0, 0.05) is 11.8 Å². The van der Waals surface area contributed by atoms with Gasteiger partial charge in [0.1, 0.15) is 5.56 Å². The summed E-state index contributed by atoms with van der Waals surface area (Å²) in [7, 11) is 0. The van der Waals surface area contributed by atoms with Crippen molar-refractivity contribution < 1.29 is 9.90 Å². The zero-order chi connectivity index (χ0) is 14.0. The number of nitrogens with zero attached hydrogens (tertiary/aromatic N) is 2. The maximum Gasteiger partial charge on any atom is 0.339 e. The lowest BCUT2D eigenvalue weighted by Gasteiger charge is -2.12. The number of aromatic nitrogens is 2. The van der Waals surface area contributed by atoms with Crippen molar-refractivity contribution in [2.24, 2.45) is 0 Å². The van der Waals surface area contributed by atoms with Crippen LogP contribution in [0.4, 0.5) is 0 Å². The molecule has 0 amide bonds. The van der Waals surface area contributed by atoms with E-state index in [1.165, 1.54) is 0 Å². The summed E-state index contributed by atoms with van der Waals surface area (Å²) < 4.78 is -1.80. The smallest absolute Gasteiger partial charge is 0.339 e. The molecule has 0 atom stereocenters. The van der Waals surface area contributed by atoms with Crippen LogP contribution >= 0.6 is 34.8 Å². The first kappa shape index (κ1) is 14.1. The predicted octanol–water partition coefficient (Wildman–Crippen LogP) is 3.67. The fraction of sp³-hybridized carbons (Fsp3) is 0.0833. The molecule has 7 heteroatoms. The molecule has 1 aromatic carbocycles. The summed E-state index contributed by atoms with van der Waals surface area (Å²) in [6, 6.07) is 8.77. The highest BCUT2D eigenvalue weighted by atomic mass is 35.6. The van der Waals surface area contributed by atoms with Crippen LogP contribution < -0.4 is 0 Å². The molecule has 0 radical (unpaired) electrons. The van der Waals surface area contributed by atoms with Gasteiger partial charge in [0.2, 0.25) is 3.79 Å². The maximum atomic E-state index is 11.2. The second kappa shape index (κ2) is 5.33. The van der Waals surface area contributed by atoms with Crippen LogP contribution in [-0.4, -0.2) is 21.0 Å². The minimum Gasteiger partial charge on any atom is -0.478 e. The molecule has 2 rings (SSSR count). The Morgan fingerprint density at radius 1 is 1.16 bits per heavy atom. The first-order valence-corrected chi connectivity index (χ1v) is 6.26. The normalized spacial score (nSPS) is 11.3. The largest absolute Gasteiger partial charge is 0.478 e. The monoisotopic (exact) mass is 316 g/mol. The van der Waals surface area contributed by atoms with Gasteiger partial charge in [-0.05, 0) is 0 Å². The lowest BCUT2D eigenvalue weighted by atomic mass is 10.1. The third-order valence-electron chi connectivity index (χ3n) is 2.32. The second-order valence-corrected chi connectivity index (χ2v) is 5.91. The molecule has 1 aromatic heterocycles. The van der Waals surface area contributed by atoms with Crippen LogP contribution in [0.15, 0.2) is 36.5 Å². The van der Waals surface area contributed by atoms with Crippen molar-refractivity contribution in [3.05, 3.63) is 47.9 Å². The number of halogens is 3. The first-order chi connectivity index (χ1) is 8.89. The van der Waals surface area contributed by atoms with Crippen molar-refractivity contribution in [3.63, 3.8) is 0 Å². The topological polar surface area (TPSA) is 63.1 Å². The van der Waals surface area contributed by atoms with Crippen molar-refractivity contribution in [1.29, 1.82) is 0 Å². The highest BCUT2D eigenvalue weighted by Crippen LogP contribution is 2.36. The molecule has 0 fully saturated rings. The highest BCUT2D eigenvalue weighted by Gasteiger charge is 2.28. The van der Waals surface area contributed by atoms with Crippen molar-refractivity contribution in [2.45, 2.75) is 3.79 Å². The number of hydrogen-bond donors (Lipinski definition) is 1. The van der Waals surface area contributed by atoms with Gasteiger partial charge in [-0.1, -0.05) is 65.1 Å². The number of carboxylic acids is 1. The molecule has 0 saturated heterocycles. The molecule has 0 bridgehead atoms. The van der Waals surface area contributed by atoms with E-state index in [-0.39, 0.29) is 17.1 Å². The Bertz CT molecular complexity index is 612. The Hall–Kier alpha value is -1.36. The zero-order valence-electron chi connectivity index (χ0n) is 9.35. The van der Waals surface area contributed by atoms with Gasteiger partial charge in [-0.25, -0.2) is 14.8 Å². The van der Waals surface area contributed by atoms with Crippen molar-refractivity contribution >= 4 is 40.8 Å². The number of carboxylic acid groups (broad SMARTS) is 1. The van der Waals surface area contributed by atoms with E-state index in [0.717, 1.165) is 6.20 Å². The van der Waals surface area contributed by atoms with E-state index in [4.69, 9.17) is 39.9 Å². The molecule has 1 N–H and O–H groups in total. The molecule has 4 nitrogen and oxygen atoms in total. The number of alkyl halides is 3. The van der Waals surface area contributed by atoms with Crippen molar-refractivity contribution in [1.82, 2.24) is 9.97 Å². The van der Waals surface area contributed by atoms with Gasteiger partial charge in [0.05, 0.1) is 5.69 Å². The highest BCUT2D eigenvalue weighted by molar-refractivity contribution is 6.66. The molecular weight excluding hydrogens is 311 g/mol. The van der Waals surface area contributed by atoms with Crippen molar-refractivity contribution in [3.8, 4) is 11.3 Å². The molecule has 98 valence electrons. The SMILES string of the molecule is O=C(O)c1cnc(C(Cl)(Cl)Cl)nc1-c1ccccc1. The molecule has 0 spiro atoms. The van der Waals surface area contributed by atoms with Gasteiger partial charge in [-0.15, -0.1) is 0 Å². The molecule has 2 aromatic rings. The summed E-state index contributed by atoms with van der Waals surface area (Å²) >= 11 is 17.1. The Kier molecular flexibility index (Phi) is 3.94. The van der Waals surface area contributed by atoms with Crippen LogP contribution in [0.25, 0.3) is 11.3 Å². The zero-order valence-corrected chi connectivity index (χ0v) is 11.6. The average Bonchev–Trinajstić information content (AvgIpc) is 2.38. The van der Waals surface area contributed by atoms with Crippen LogP contribution in [0.5, 0.6) is 0 Å². The lowest BCUT2D eigenvalue weighted by molar-refractivity contribution is 0.0697. The lowest BCUT2D eigenvalue weighted by Crippen LogP contribution is -2.11. The Balaban J connectivity index is 2.65. The van der Waals surface area contributed by atoms with Gasteiger partial charge < -0.3 is 5.11 Å². The molecule has 0 aliphatic rings. The van der Waals surface area contributed by atoms with Gasteiger partial charge in [0.15, 0.2) is 5.82 Å². The Labute approximate surface area is 124 Å². The van der Waals surface area contributed by atoms with E-state index in [1.54, 1.807) is 30.3 Å². The van der Waals surface area contributed by atoms with Crippen molar-refractivity contribution in [2.75, 3.05) is 0 Å². The molecular formula is C12H7Cl3N2O2. The third-order valence-corrected chi connectivity index (χ3v) is 2.83. The maximum absolute atomic E-state index is 11.2. The molecule has 0 unspecified atom stereocenters. The average molecular weight is 318 g/mol. The fourth-order valence-corrected chi connectivity index (χ4v) is 1.76. The number of hydrogen-bond acceptors (Lipinski definition) is 3. The number of aromatic carboxylic acids is 1. The first-order valence-electron chi connectivity index (χ1n) is 5.12. The summed E-state index contributed by atoms with van der Waals surface area (Å²) in [5.74, 6) is -1.21. The summed E-state index contributed by atoms with van der Waals surface area (Å²) in [6.45, 7) is 0. The number of rotatable bonds is 2. The molecule has 19 heavy (non-hydrogen) atoms. The summed E-state index contributed by atoms with van der Waals surface area (Å²) in [6.07, 6.45) is 1.13. The minimum absolute atomic E-state index is 0.0517. The summed E-state index contributed by atoms with van der Waals surface area (Å²) in [5, 5.41) is 9.14. The van der Waals surface area contributed by atoms with Crippen LogP contribution in [0.1, 0.15) is 16.2 Å². The van der Waals surface area contributed by atoms with E-state index in [1.807, 2.05) is 0 Å². The fourth-order valence-electron chi connectivity index (χ4n) is 1.49. The summed E-state index contributed by atoms with van der Waals surface area (Å²) in [5.41, 5.74) is 0.770. The minimum atomic E-state index is -1.80. The van der Waals surface area contributed by atoms with E-state index < -0.39 is 9.76 Å². The molecule has 0 aliphatic heterocycles. The van der Waals surface area contributed by atoms with E-state index in [2.05, 4.69) is 9.97 Å². The number of benzene rings is 1. The number of carbonyl (C=O) groups is 1. The molecule has 0 aliphatic carbocycles. The van der Waals surface area contributed by atoms with Crippen LogP contribution in [0.2, 0.25) is 0 Å². The second-order valence-electron chi connectivity index (χ2n) is 3.62. The third kappa shape index (κ3) is 3.15. The molecule has 0 saturated carbocycles.